The van der Waals surface area contributed by atoms with Gasteiger partial charge in [0.2, 0.25) is 0 Å². The van der Waals surface area contributed by atoms with Gasteiger partial charge < -0.3 is 9.64 Å². The first-order valence-electron chi connectivity index (χ1n) is 9.73. The van der Waals surface area contributed by atoms with Crippen molar-refractivity contribution >= 4 is 5.82 Å². The topological polar surface area (TPSA) is 38.2 Å². The summed E-state index contributed by atoms with van der Waals surface area (Å²) < 4.78 is 5.88. The fourth-order valence-corrected chi connectivity index (χ4v) is 3.14. The van der Waals surface area contributed by atoms with Crippen molar-refractivity contribution in [2.75, 3.05) is 11.4 Å². The number of aromatic nitrogens is 2. The number of anilines is 1. The fraction of sp³-hybridized carbons (Fsp3) is 0.120. The van der Waals surface area contributed by atoms with Crippen LogP contribution in [0.25, 0.3) is 0 Å². The van der Waals surface area contributed by atoms with Crippen molar-refractivity contribution in [3.8, 4) is 11.5 Å². The third-order valence-corrected chi connectivity index (χ3v) is 4.67. The molecule has 29 heavy (non-hydrogen) atoms. The molecule has 0 saturated carbocycles. The van der Waals surface area contributed by atoms with Crippen molar-refractivity contribution in [1.29, 1.82) is 0 Å². The van der Waals surface area contributed by atoms with Crippen molar-refractivity contribution in [2.45, 2.75) is 13.0 Å². The van der Waals surface area contributed by atoms with Crippen molar-refractivity contribution < 1.29 is 4.74 Å². The summed E-state index contributed by atoms with van der Waals surface area (Å²) in [7, 11) is 0. The molecule has 0 fully saturated rings. The molecule has 0 aliphatic carbocycles. The largest absolute Gasteiger partial charge is 0.457 e. The Kier molecular flexibility index (Phi) is 6.13. The molecule has 0 aliphatic heterocycles. The Bertz CT molecular complexity index is 990. The molecule has 0 saturated heterocycles. The number of hydrogen-bond acceptors (Lipinski definition) is 4. The Morgan fingerprint density at radius 1 is 0.655 bits per heavy atom. The van der Waals surface area contributed by atoms with E-state index in [1.807, 2.05) is 85.3 Å². The van der Waals surface area contributed by atoms with Crippen molar-refractivity contribution in [2.24, 2.45) is 0 Å². The highest BCUT2D eigenvalue weighted by Gasteiger charge is 2.09. The van der Waals surface area contributed by atoms with Gasteiger partial charge in [-0.05, 0) is 66.1 Å². The summed E-state index contributed by atoms with van der Waals surface area (Å²) in [5.41, 5.74) is 2.48. The van der Waals surface area contributed by atoms with Gasteiger partial charge in [0.15, 0.2) is 0 Å². The molecule has 4 aromatic rings. The standard InChI is InChI=1S/C25H23N3O/c1-2-6-23(7-3-1)29-24-11-9-21(10-12-24)15-19-28(25-8-4-5-16-27-25)20-22-13-17-26-18-14-22/h1-14,16-18H,15,19-20H2. The molecule has 0 aliphatic rings. The van der Waals surface area contributed by atoms with Crippen LogP contribution < -0.4 is 9.64 Å². The smallest absolute Gasteiger partial charge is 0.128 e. The van der Waals surface area contributed by atoms with Crippen LogP contribution in [0.15, 0.2) is 104 Å². The van der Waals surface area contributed by atoms with Crippen molar-refractivity contribution in [1.82, 2.24) is 9.97 Å². The van der Waals surface area contributed by atoms with E-state index in [1.165, 1.54) is 11.1 Å². The van der Waals surface area contributed by atoms with Gasteiger partial charge in [0.1, 0.15) is 17.3 Å². The first-order chi connectivity index (χ1) is 14.4. The van der Waals surface area contributed by atoms with Crippen LogP contribution in [-0.4, -0.2) is 16.5 Å². The van der Waals surface area contributed by atoms with Gasteiger partial charge in [0.25, 0.3) is 0 Å². The number of hydrogen-bond donors (Lipinski definition) is 0. The van der Waals surface area contributed by atoms with E-state index < -0.39 is 0 Å². The number of nitrogens with zero attached hydrogens (tertiary/aromatic N) is 3. The molecule has 4 heteroatoms. The Labute approximate surface area is 171 Å². The van der Waals surface area contributed by atoms with Crippen LogP contribution >= 0.6 is 0 Å². The Hall–Kier alpha value is -3.66. The quantitative estimate of drug-likeness (QED) is 0.403. The van der Waals surface area contributed by atoms with Crippen LogP contribution in [0.5, 0.6) is 11.5 Å². The van der Waals surface area contributed by atoms with Crippen LogP contribution in [0.4, 0.5) is 5.82 Å². The third-order valence-electron chi connectivity index (χ3n) is 4.67. The summed E-state index contributed by atoms with van der Waals surface area (Å²) in [4.78, 5) is 10.9. The second-order valence-electron chi connectivity index (χ2n) is 6.77. The highest BCUT2D eigenvalue weighted by Crippen LogP contribution is 2.22. The van der Waals surface area contributed by atoms with Gasteiger partial charge in [-0.2, -0.15) is 0 Å². The lowest BCUT2D eigenvalue weighted by Crippen LogP contribution is -2.26. The maximum atomic E-state index is 5.88. The predicted molar refractivity (Wildman–Crippen MR) is 116 cm³/mol. The second kappa shape index (κ2) is 9.51. The van der Waals surface area contributed by atoms with Crippen LogP contribution in [0.2, 0.25) is 0 Å². The summed E-state index contributed by atoms with van der Waals surface area (Å²) in [5, 5.41) is 0. The Morgan fingerprint density at radius 2 is 1.38 bits per heavy atom. The molecule has 0 radical (unpaired) electrons. The molecule has 0 bridgehead atoms. The molecule has 0 N–H and O–H groups in total. The van der Waals surface area contributed by atoms with E-state index in [2.05, 4.69) is 33.1 Å². The van der Waals surface area contributed by atoms with Gasteiger partial charge in [0, 0.05) is 31.7 Å². The van der Waals surface area contributed by atoms with E-state index in [1.54, 1.807) is 0 Å². The minimum Gasteiger partial charge on any atom is -0.457 e. The van der Waals surface area contributed by atoms with Crippen LogP contribution in [0.3, 0.4) is 0 Å². The lowest BCUT2D eigenvalue weighted by molar-refractivity contribution is 0.482. The number of ether oxygens (including phenoxy) is 1. The average Bonchev–Trinajstić information content (AvgIpc) is 2.79. The van der Waals surface area contributed by atoms with E-state index in [0.29, 0.717) is 0 Å². The number of rotatable bonds is 8. The molecule has 0 spiro atoms. The fourth-order valence-electron chi connectivity index (χ4n) is 3.14. The highest BCUT2D eigenvalue weighted by atomic mass is 16.5. The molecule has 2 aromatic carbocycles. The maximum Gasteiger partial charge on any atom is 0.128 e. The van der Waals surface area contributed by atoms with Crippen LogP contribution in [0, 0.1) is 0 Å². The van der Waals surface area contributed by atoms with Gasteiger partial charge in [-0.1, -0.05) is 36.4 Å². The molecular weight excluding hydrogens is 358 g/mol. The highest BCUT2D eigenvalue weighted by molar-refractivity contribution is 5.40. The first kappa shape index (κ1) is 18.7. The summed E-state index contributed by atoms with van der Waals surface area (Å²) in [6.07, 6.45) is 6.42. The molecule has 2 heterocycles. The zero-order chi connectivity index (χ0) is 19.7. The third kappa shape index (κ3) is 5.42. The Balaban J connectivity index is 1.41. The molecule has 0 atom stereocenters. The van der Waals surface area contributed by atoms with Crippen LogP contribution in [-0.2, 0) is 13.0 Å². The van der Waals surface area contributed by atoms with Crippen molar-refractivity contribution in [3.63, 3.8) is 0 Å². The average molecular weight is 381 g/mol. The monoisotopic (exact) mass is 381 g/mol. The summed E-state index contributed by atoms with van der Waals surface area (Å²) in [5.74, 6) is 2.67. The minimum atomic E-state index is 0.800. The first-order valence-corrected chi connectivity index (χ1v) is 9.73. The van der Waals surface area contributed by atoms with E-state index in [-0.39, 0.29) is 0 Å². The van der Waals surface area contributed by atoms with Gasteiger partial charge in [0.05, 0.1) is 0 Å². The molecule has 0 unspecified atom stereocenters. The normalized spacial score (nSPS) is 10.5. The summed E-state index contributed by atoms with van der Waals surface area (Å²) in [6.45, 7) is 1.67. The summed E-state index contributed by atoms with van der Waals surface area (Å²) >= 11 is 0. The molecular formula is C25H23N3O. The van der Waals surface area contributed by atoms with Crippen molar-refractivity contribution in [3.05, 3.63) is 115 Å². The number of para-hydroxylation sites is 1. The molecule has 4 rings (SSSR count). The van der Waals surface area contributed by atoms with Gasteiger partial charge in [-0.3, -0.25) is 4.98 Å². The zero-order valence-corrected chi connectivity index (χ0v) is 16.2. The lowest BCUT2D eigenvalue weighted by Gasteiger charge is -2.24. The van der Waals surface area contributed by atoms with Gasteiger partial charge in [-0.15, -0.1) is 0 Å². The molecule has 144 valence electrons. The number of pyridine rings is 2. The minimum absolute atomic E-state index is 0.800. The number of benzene rings is 2. The Morgan fingerprint density at radius 3 is 2.10 bits per heavy atom. The zero-order valence-electron chi connectivity index (χ0n) is 16.2. The molecule has 0 amide bonds. The van der Waals surface area contributed by atoms with E-state index in [0.717, 1.165) is 36.8 Å². The SMILES string of the molecule is c1ccc(Oc2ccc(CCN(Cc3ccncc3)c3ccccn3)cc2)cc1. The molecule has 4 nitrogen and oxygen atoms in total. The lowest BCUT2D eigenvalue weighted by atomic mass is 10.1. The van der Waals surface area contributed by atoms with Crippen LogP contribution in [0.1, 0.15) is 11.1 Å². The predicted octanol–water partition coefficient (Wildman–Crippen LogP) is 5.52. The van der Waals surface area contributed by atoms with Gasteiger partial charge in [-0.25, -0.2) is 4.98 Å². The van der Waals surface area contributed by atoms with E-state index in [9.17, 15) is 0 Å². The van der Waals surface area contributed by atoms with Gasteiger partial charge >= 0.3 is 0 Å². The summed E-state index contributed by atoms with van der Waals surface area (Å²) in [6, 6.07) is 28.3. The van der Waals surface area contributed by atoms with E-state index in [4.69, 9.17) is 4.74 Å². The maximum absolute atomic E-state index is 5.88. The van der Waals surface area contributed by atoms with E-state index >= 15 is 0 Å². The molecule has 2 aromatic heterocycles. The second-order valence-corrected chi connectivity index (χ2v) is 6.77.